The summed E-state index contributed by atoms with van der Waals surface area (Å²) in [7, 11) is 0. The van der Waals surface area contributed by atoms with Crippen molar-refractivity contribution in [2.45, 2.75) is 19.0 Å². The van der Waals surface area contributed by atoms with E-state index in [1.165, 1.54) is 0 Å². The molecule has 0 amide bonds. The largest absolute Gasteiger partial charge is 0.494 e. The Bertz CT molecular complexity index is 402. The molecular formula is C11H13F3N2O2. The van der Waals surface area contributed by atoms with E-state index in [1.807, 2.05) is 0 Å². The molecule has 1 rings (SSSR count). The first-order valence-corrected chi connectivity index (χ1v) is 5.20. The first-order chi connectivity index (χ1) is 8.42. The van der Waals surface area contributed by atoms with Crippen LogP contribution in [0.2, 0.25) is 0 Å². The highest BCUT2D eigenvalue weighted by atomic mass is 19.4. The lowest BCUT2D eigenvalue weighted by Gasteiger charge is -2.08. The summed E-state index contributed by atoms with van der Waals surface area (Å²) in [5, 5.41) is 11.3. The normalized spacial score (nSPS) is 12.5. The third-order valence-electron chi connectivity index (χ3n) is 2.13. The van der Waals surface area contributed by atoms with Gasteiger partial charge in [-0.15, -0.1) is 0 Å². The molecule has 0 atom stereocenters. The Kier molecular flexibility index (Phi) is 4.82. The molecule has 0 aliphatic rings. The third-order valence-corrected chi connectivity index (χ3v) is 2.13. The van der Waals surface area contributed by atoms with Crippen molar-refractivity contribution in [3.8, 4) is 5.75 Å². The highest BCUT2D eigenvalue weighted by Crippen LogP contribution is 2.21. The third kappa shape index (κ3) is 4.94. The molecule has 0 unspecified atom stereocenters. The van der Waals surface area contributed by atoms with Gasteiger partial charge in [0.2, 0.25) is 0 Å². The van der Waals surface area contributed by atoms with Crippen molar-refractivity contribution in [3.63, 3.8) is 0 Å². The second kappa shape index (κ2) is 6.13. The average Bonchev–Trinajstić information content (AvgIpc) is 2.33. The summed E-state index contributed by atoms with van der Waals surface area (Å²) >= 11 is 0. The van der Waals surface area contributed by atoms with Gasteiger partial charge in [-0.05, 0) is 30.7 Å². The molecule has 0 saturated carbocycles. The van der Waals surface area contributed by atoms with Gasteiger partial charge < -0.3 is 15.7 Å². The Morgan fingerprint density at radius 3 is 2.39 bits per heavy atom. The van der Waals surface area contributed by atoms with Crippen LogP contribution in [0.5, 0.6) is 5.75 Å². The van der Waals surface area contributed by atoms with Crippen LogP contribution >= 0.6 is 0 Å². The fourth-order valence-electron chi connectivity index (χ4n) is 1.24. The predicted molar refractivity (Wildman–Crippen MR) is 59.7 cm³/mol. The van der Waals surface area contributed by atoms with Crippen LogP contribution in [-0.2, 0) is 0 Å². The number of ether oxygens (including phenoxy) is 1. The summed E-state index contributed by atoms with van der Waals surface area (Å²) in [4.78, 5) is 0. The maximum Gasteiger partial charge on any atom is 0.389 e. The maximum absolute atomic E-state index is 11.9. The van der Waals surface area contributed by atoms with Crippen molar-refractivity contribution in [2.75, 3.05) is 6.61 Å². The van der Waals surface area contributed by atoms with E-state index in [4.69, 9.17) is 15.7 Å². The monoisotopic (exact) mass is 262 g/mol. The SMILES string of the molecule is N/C(=N\O)c1ccc(OCCCC(F)(F)F)cc1. The number of hydrogen-bond donors (Lipinski definition) is 2. The van der Waals surface area contributed by atoms with E-state index >= 15 is 0 Å². The van der Waals surface area contributed by atoms with E-state index < -0.39 is 12.6 Å². The topological polar surface area (TPSA) is 67.8 Å². The number of benzene rings is 1. The van der Waals surface area contributed by atoms with E-state index in [0.29, 0.717) is 11.3 Å². The fraction of sp³-hybridized carbons (Fsp3) is 0.364. The van der Waals surface area contributed by atoms with Crippen LogP contribution in [0.15, 0.2) is 29.4 Å². The van der Waals surface area contributed by atoms with Gasteiger partial charge in [-0.2, -0.15) is 13.2 Å². The molecule has 18 heavy (non-hydrogen) atoms. The Balaban J connectivity index is 2.40. The first kappa shape index (κ1) is 14.1. The van der Waals surface area contributed by atoms with Crippen LogP contribution < -0.4 is 10.5 Å². The van der Waals surface area contributed by atoms with Crippen molar-refractivity contribution >= 4 is 5.84 Å². The van der Waals surface area contributed by atoms with Crippen LogP contribution in [-0.4, -0.2) is 23.8 Å². The predicted octanol–water partition coefficient (Wildman–Crippen LogP) is 2.50. The summed E-state index contributed by atoms with van der Waals surface area (Å²) < 4.78 is 40.7. The molecule has 0 aliphatic carbocycles. The van der Waals surface area contributed by atoms with Crippen molar-refractivity contribution in [2.24, 2.45) is 10.9 Å². The van der Waals surface area contributed by atoms with Crippen molar-refractivity contribution < 1.29 is 23.1 Å². The van der Waals surface area contributed by atoms with Crippen molar-refractivity contribution in [3.05, 3.63) is 29.8 Å². The molecule has 1 aromatic carbocycles. The van der Waals surface area contributed by atoms with E-state index in [9.17, 15) is 13.2 Å². The van der Waals surface area contributed by atoms with E-state index in [0.717, 1.165) is 0 Å². The van der Waals surface area contributed by atoms with Crippen LogP contribution in [0.25, 0.3) is 0 Å². The average molecular weight is 262 g/mol. The van der Waals surface area contributed by atoms with Gasteiger partial charge >= 0.3 is 6.18 Å². The summed E-state index contributed by atoms with van der Waals surface area (Å²) in [6, 6.07) is 6.18. The minimum absolute atomic E-state index is 0.0115. The number of hydrogen-bond acceptors (Lipinski definition) is 3. The van der Waals surface area contributed by atoms with E-state index in [2.05, 4.69) is 5.16 Å². The maximum atomic E-state index is 11.9. The molecule has 0 fully saturated rings. The molecule has 0 aliphatic heterocycles. The van der Waals surface area contributed by atoms with Crippen LogP contribution in [0, 0.1) is 0 Å². The second-order valence-electron chi connectivity index (χ2n) is 3.58. The molecule has 7 heteroatoms. The van der Waals surface area contributed by atoms with Gasteiger partial charge in [-0.25, -0.2) is 0 Å². The number of amidine groups is 1. The number of alkyl halides is 3. The molecule has 0 radical (unpaired) electrons. The zero-order valence-electron chi connectivity index (χ0n) is 9.44. The number of oxime groups is 1. The quantitative estimate of drug-likeness (QED) is 0.281. The fourth-order valence-corrected chi connectivity index (χ4v) is 1.24. The van der Waals surface area contributed by atoms with Gasteiger partial charge in [0, 0.05) is 12.0 Å². The summed E-state index contributed by atoms with van der Waals surface area (Å²) in [6.45, 7) is -0.0115. The Morgan fingerprint density at radius 1 is 1.28 bits per heavy atom. The molecule has 0 heterocycles. The molecule has 100 valence electrons. The molecule has 4 nitrogen and oxygen atoms in total. The van der Waals surface area contributed by atoms with Gasteiger partial charge in [-0.1, -0.05) is 5.16 Å². The summed E-state index contributed by atoms with van der Waals surface area (Å²) in [6.07, 6.45) is -5.11. The lowest BCUT2D eigenvalue weighted by atomic mass is 10.2. The lowest BCUT2D eigenvalue weighted by molar-refractivity contribution is -0.136. The molecule has 1 aromatic rings. The summed E-state index contributed by atoms with van der Waals surface area (Å²) in [5.74, 6) is 0.394. The molecule has 0 spiro atoms. The van der Waals surface area contributed by atoms with Gasteiger partial charge in [0.05, 0.1) is 6.61 Å². The van der Waals surface area contributed by atoms with E-state index in [1.54, 1.807) is 24.3 Å². The van der Waals surface area contributed by atoms with Gasteiger partial charge in [-0.3, -0.25) is 0 Å². The number of halogens is 3. The minimum atomic E-state index is -4.15. The molecular weight excluding hydrogens is 249 g/mol. The van der Waals surface area contributed by atoms with E-state index in [-0.39, 0.29) is 18.9 Å². The second-order valence-corrected chi connectivity index (χ2v) is 3.58. The zero-order chi connectivity index (χ0) is 13.6. The molecule has 3 N–H and O–H groups in total. The molecule has 0 bridgehead atoms. The zero-order valence-corrected chi connectivity index (χ0v) is 9.44. The van der Waals surface area contributed by atoms with Gasteiger partial charge in [0.1, 0.15) is 5.75 Å². The number of rotatable bonds is 5. The van der Waals surface area contributed by atoms with Crippen molar-refractivity contribution in [1.82, 2.24) is 0 Å². The van der Waals surface area contributed by atoms with Gasteiger partial charge in [0.15, 0.2) is 5.84 Å². The van der Waals surface area contributed by atoms with Gasteiger partial charge in [0.25, 0.3) is 0 Å². The van der Waals surface area contributed by atoms with Crippen molar-refractivity contribution in [1.29, 1.82) is 0 Å². The smallest absolute Gasteiger partial charge is 0.389 e. The Labute approximate surface area is 102 Å². The first-order valence-electron chi connectivity index (χ1n) is 5.20. The number of nitrogens with zero attached hydrogens (tertiary/aromatic N) is 1. The highest BCUT2D eigenvalue weighted by molar-refractivity contribution is 5.97. The Hall–Kier alpha value is -1.92. The standard InChI is InChI=1S/C11H13F3N2O2/c12-11(13,14)6-1-7-18-9-4-2-8(3-5-9)10(15)16-17/h2-5,17H,1,6-7H2,(H2,15,16). The number of nitrogens with two attached hydrogens (primary N) is 1. The van der Waals surface area contributed by atoms with Crippen LogP contribution in [0.3, 0.4) is 0 Å². The van der Waals surface area contributed by atoms with Crippen LogP contribution in [0.1, 0.15) is 18.4 Å². The Morgan fingerprint density at radius 2 is 1.89 bits per heavy atom. The lowest BCUT2D eigenvalue weighted by Crippen LogP contribution is -2.12. The van der Waals surface area contributed by atoms with Crippen LogP contribution in [0.4, 0.5) is 13.2 Å². The molecule has 0 saturated heterocycles. The highest BCUT2D eigenvalue weighted by Gasteiger charge is 2.26. The minimum Gasteiger partial charge on any atom is -0.494 e. The summed E-state index contributed by atoms with van der Waals surface area (Å²) in [5.41, 5.74) is 5.85. The molecule has 0 aromatic heterocycles.